The van der Waals surface area contributed by atoms with Crippen LogP contribution in [0.1, 0.15) is 42.4 Å². The monoisotopic (exact) mass is 325 g/mol. The van der Waals surface area contributed by atoms with Gasteiger partial charge in [-0.3, -0.25) is 0 Å². The molecule has 2 fully saturated rings. The largest absolute Gasteiger partial charge is 1.00 e. The van der Waals surface area contributed by atoms with Gasteiger partial charge in [-0.25, -0.2) is 0 Å². The van der Waals surface area contributed by atoms with E-state index in [-0.39, 0.29) is 41.1 Å². The molecule has 0 aromatic heterocycles. The number of aliphatic carboxylic acids is 1. The molecule has 1 unspecified atom stereocenters. The van der Waals surface area contributed by atoms with Crippen LogP contribution < -0.4 is 40.0 Å². The zero-order chi connectivity index (χ0) is 15.7. The number of nitrogens with one attached hydrogen (secondary N) is 1. The summed E-state index contributed by atoms with van der Waals surface area (Å²) in [6.45, 7) is 5.81. The van der Waals surface area contributed by atoms with Gasteiger partial charge in [0.1, 0.15) is 0 Å². The molecule has 1 saturated carbocycles. The van der Waals surface area contributed by atoms with E-state index in [0.717, 1.165) is 19.4 Å². The summed E-state index contributed by atoms with van der Waals surface area (Å²) in [5.41, 5.74) is 3.66. The third-order valence-electron chi connectivity index (χ3n) is 4.94. The Balaban J connectivity index is 0.00000192. The predicted octanol–water partition coefficient (Wildman–Crippen LogP) is -1.53. The van der Waals surface area contributed by atoms with Crippen LogP contribution in [0.15, 0.2) is 18.2 Å². The van der Waals surface area contributed by atoms with E-state index in [0.29, 0.717) is 25.5 Å². The summed E-state index contributed by atoms with van der Waals surface area (Å²) in [6, 6.07) is 7.01. The van der Waals surface area contributed by atoms with Crippen molar-refractivity contribution in [2.75, 3.05) is 6.61 Å². The van der Waals surface area contributed by atoms with Crippen LogP contribution in [-0.2, 0) is 16.1 Å². The average Bonchev–Trinajstić information content (AvgIpc) is 2.41. The van der Waals surface area contributed by atoms with E-state index in [4.69, 9.17) is 4.74 Å². The number of benzene rings is 1. The van der Waals surface area contributed by atoms with Gasteiger partial charge in [0.25, 0.3) is 0 Å². The summed E-state index contributed by atoms with van der Waals surface area (Å²) in [6.07, 6.45) is 3.11. The number of carboxylic acid groups (broad SMARTS) is 1. The Kier molecular flexibility index (Phi) is 6.31. The van der Waals surface area contributed by atoms with E-state index in [9.17, 15) is 9.90 Å². The molecule has 23 heavy (non-hydrogen) atoms. The van der Waals surface area contributed by atoms with Crippen LogP contribution in [0.2, 0.25) is 0 Å². The molecule has 1 aliphatic heterocycles. The molecule has 4 nitrogen and oxygen atoms in total. The van der Waals surface area contributed by atoms with Gasteiger partial charge < -0.3 is 20.0 Å². The minimum Gasteiger partial charge on any atom is -0.550 e. The Labute approximate surface area is 160 Å². The Hall–Kier alpha value is -0.390. The van der Waals surface area contributed by atoms with Crippen molar-refractivity contribution >= 4 is 5.97 Å². The summed E-state index contributed by atoms with van der Waals surface area (Å²) in [7, 11) is 0. The first-order valence-electron chi connectivity index (χ1n) is 8.11. The number of rotatable bonds is 4. The molecule has 1 atom stereocenters. The van der Waals surface area contributed by atoms with Crippen LogP contribution in [0.3, 0.4) is 0 Å². The first-order chi connectivity index (χ1) is 10.5. The molecule has 0 radical (unpaired) electrons. The van der Waals surface area contributed by atoms with E-state index in [1.165, 1.54) is 16.7 Å². The van der Waals surface area contributed by atoms with E-state index < -0.39 is 5.97 Å². The Morgan fingerprint density at radius 1 is 1.26 bits per heavy atom. The fraction of sp³-hybridized carbons (Fsp3) is 0.611. The van der Waals surface area contributed by atoms with Gasteiger partial charge in [-0.2, -0.15) is 0 Å². The second-order valence-electron chi connectivity index (χ2n) is 7.02. The standard InChI is InChI=1S/C18H25NO3.Na/c1-12-5-13(2)7-14(6-12)11-19-16-3-4-22-18(10-16)8-15(9-18)17(20)21;/h5-7,15-16,19H,3-4,8-11H2,1-2H3,(H,20,21);/q;+1/p-1. The van der Waals surface area contributed by atoms with Crippen LogP contribution >= 0.6 is 0 Å². The fourth-order valence-electron chi connectivity index (χ4n) is 3.92. The molecule has 1 aliphatic carbocycles. The first-order valence-corrected chi connectivity index (χ1v) is 8.11. The molecule has 1 spiro atoms. The molecule has 1 aromatic rings. The molecule has 1 N–H and O–H groups in total. The second-order valence-corrected chi connectivity index (χ2v) is 7.02. The Morgan fingerprint density at radius 2 is 1.91 bits per heavy atom. The second kappa shape index (κ2) is 7.66. The van der Waals surface area contributed by atoms with Crippen molar-refractivity contribution in [2.45, 2.75) is 57.7 Å². The molecular formula is C18H24NNaO3. The molecule has 2 aliphatic rings. The maximum absolute atomic E-state index is 10.9. The van der Waals surface area contributed by atoms with Gasteiger partial charge in [0, 0.05) is 31.1 Å². The molecule has 5 heteroatoms. The van der Waals surface area contributed by atoms with Crippen molar-refractivity contribution in [3.8, 4) is 0 Å². The summed E-state index contributed by atoms with van der Waals surface area (Å²) >= 11 is 0. The third-order valence-corrected chi connectivity index (χ3v) is 4.94. The van der Waals surface area contributed by atoms with Gasteiger partial charge in [-0.1, -0.05) is 29.3 Å². The first kappa shape index (κ1) is 18.9. The van der Waals surface area contributed by atoms with Crippen molar-refractivity contribution in [2.24, 2.45) is 5.92 Å². The topological polar surface area (TPSA) is 61.4 Å². The summed E-state index contributed by atoms with van der Waals surface area (Å²) < 4.78 is 5.87. The molecule has 1 heterocycles. The van der Waals surface area contributed by atoms with Gasteiger partial charge in [-0.05, 0) is 45.1 Å². The quantitative estimate of drug-likeness (QED) is 0.683. The van der Waals surface area contributed by atoms with Crippen molar-refractivity contribution in [3.05, 3.63) is 34.9 Å². The third kappa shape index (κ3) is 4.58. The zero-order valence-corrected chi connectivity index (χ0v) is 16.4. The molecular weight excluding hydrogens is 301 g/mol. The van der Waals surface area contributed by atoms with E-state index in [1.54, 1.807) is 0 Å². The minimum atomic E-state index is -0.931. The van der Waals surface area contributed by atoms with Gasteiger partial charge in [0.05, 0.1) is 5.60 Å². The molecule has 0 amide bonds. The van der Waals surface area contributed by atoms with Gasteiger partial charge in [0.15, 0.2) is 0 Å². The molecule has 0 bridgehead atoms. The normalized spacial score (nSPS) is 29.7. The van der Waals surface area contributed by atoms with Crippen molar-refractivity contribution < 1.29 is 44.2 Å². The smallest absolute Gasteiger partial charge is 0.550 e. The van der Waals surface area contributed by atoms with Crippen LogP contribution in [0.4, 0.5) is 0 Å². The fourth-order valence-corrected chi connectivity index (χ4v) is 3.92. The Bertz CT molecular complexity index is 549. The van der Waals surface area contributed by atoms with Crippen molar-refractivity contribution in [1.82, 2.24) is 5.32 Å². The predicted molar refractivity (Wildman–Crippen MR) is 82.2 cm³/mol. The zero-order valence-electron chi connectivity index (χ0n) is 14.4. The Morgan fingerprint density at radius 3 is 2.52 bits per heavy atom. The van der Waals surface area contributed by atoms with Gasteiger partial charge in [0.2, 0.25) is 0 Å². The van der Waals surface area contributed by atoms with E-state index in [2.05, 4.69) is 37.4 Å². The molecule has 120 valence electrons. The summed E-state index contributed by atoms with van der Waals surface area (Å²) in [5, 5.41) is 14.5. The van der Waals surface area contributed by atoms with Crippen LogP contribution in [0.5, 0.6) is 0 Å². The van der Waals surface area contributed by atoms with Gasteiger partial charge in [-0.15, -0.1) is 0 Å². The van der Waals surface area contributed by atoms with Gasteiger partial charge >= 0.3 is 29.6 Å². The summed E-state index contributed by atoms with van der Waals surface area (Å²) in [4.78, 5) is 10.9. The number of carbonyl (C=O) groups excluding carboxylic acids is 1. The molecule has 1 aromatic carbocycles. The number of carbonyl (C=O) groups is 1. The maximum Gasteiger partial charge on any atom is 1.00 e. The number of hydrogen-bond acceptors (Lipinski definition) is 4. The van der Waals surface area contributed by atoms with Crippen molar-refractivity contribution in [3.63, 3.8) is 0 Å². The van der Waals surface area contributed by atoms with Crippen molar-refractivity contribution in [1.29, 1.82) is 0 Å². The molecule has 3 rings (SSSR count). The van der Waals surface area contributed by atoms with Crippen LogP contribution in [0, 0.1) is 19.8 Å². The maximum atomic E-state index is 10.9. The SMILES string of the molecule is Cc1cc(C)cc(CNC2CCOC3(C2)CC(C(=O)[O-])C3)c1.[Na+]. The number of hydrogen-bond donors (Lipinski definition) is 1. The molecule has 1 saturated heterocycles. The minimum absolute atomic E-state index is 0. The summed E-state index contributed by atoms with van der Waals surface area (Å²) in [5.74, 6) is -1.25. The average molecular weight is 325 g/mol. The number of aryl methyl sites for hydroxylation is 2. The number of ether oxygens (including phenoxy) is 1. The number of carboxylic acids is 1. The van der Waals surface area contributed by atoms with Crippen LogP contribution in [0.25, 0.3) is 0 Å². The van der Waals surface area contributed by atoms with E-state index in [1.807, 2.05) is 0 Å². The van der Waals surface area contributed by atoms with Crippen LogP contribution in [-0.4, -0.2) is 24.2 Å². The van der Waals surface area contributed by atoms with E-state index >= 15 is 0 Å².